The quantitative estimate of drug-likeness (QED) is 0.201. The van der Waals surface area contributed by atoms with E-state index >= 15 is 0 Å². The van der Waals surface area contributed by atoms with E-state index in [1.807, 2.05) is 48.5 Å². The summed E-state index contributed by atoms with van der Waals surface area (Å²) in [7, 11) is 0. The highest BCUT2D eigenvalue weighted by atomic mass is 16.5. The summed E-state index contributed by atoms with van der Waals surface area (Å²) in [5, 5.41) is 11.8. The minimum absolute atomic E-state index is 0.0220. The molecule has 0 amide bonds. The summed E-state index contributed by atoms with van der Waals surface area (Å²) in [6.07, 6.45) is 0.916. The minimum Gasteiger partial charge on any atom is -0.507 e. The molecule has 1 N–H and O–H groups in total. The van der Waals surface area contributed by atoms with E-state index in [-0.39, 0.29) is 23.3 Å². The number of hydrogen-bond donors (Lipinski definition) is 1. The second-order valence-electron chi connectivity index (χ2n) is 14.3. The zero-order valence-electron chi connectivity index (χ0n) is 28.3. The molecule has 6 aromatic carbocycles. The Balaban J connectivity index is 1.20. The average molecular weight is 652 g/mol. The zero-order chi connectivity index (χ0) is 34.0. The van der Waals surface area contributed by atoms with Gasteiger partial charge in [0.25, 0.3) is 0 Å². The van der Waals surface area contributed by atoms with Gasteiger partial charge in [-0.1, -0.05) is 124 Å². The monoisotopic (exact) mass is 651 g/mol. The van der Waals surface area contributed by atoms with Gasteiger partial charge in [0.15, 0.2) is 0 Å². The summed E-state index contributed by atoms with van der Waals surface area (Å²) in [6.45, 7) is 6.67. The molecule has 9 rings (SSSR count). The van der Waals surface area contributed by atoms with E-state index in [9.17, 15) is 5.11 Å². The third-order valence-electron chi connectivity index (χ3n) is 10.1. The molecule has 0 fully saturated rings. The summed E-state index contributed by atoms with van der Waals surface area (Å²) in [5.74, 6) is 1.57. The third-order valence-corrected chi connectivity index (χ3v) is 10.1. The molecule has 0 saturated heterocycles. The molecule has 7 aromatic rings. The number of phenols is 1. The van der Waals surface area contributed by atoms with Crippen molar-refractivity contribution in [1.29, 1.82) is 0 Å². The number of benzene rings is 6. The van der Waals surface area contributed by atoms with Crippen LogP contribution in [0.4, 0.5) is 0 Å². The number of phenolic OH excluding ortho intramolecular Hbond substituents is 1. The van der Waals surface area contributed by atoms with Crippen LogP contribution in [0.1, 0.15) is 49.1 Å². The lowest BCUT2D eigenvalue weighted by Gasteiger charge is -2.20. The molecule has 0 radical (unpaired) electrons. The molecule has 1 aromatic heterocycles. The number of aromatic hydroxyl groups is 1. The minimum atomic E-state index is 0.0220. The van der Waals surface area contributed by atoms with Crippen LogP contribution in [0.3, 0.4) is 0 Å². The number of para-hydroxylation sites is 2. The van der Waals surface area contributed by atoms with E-state index < -0.39 is 0 Å². The second kappa shape index (κ2) is 11.6. The van der Waals surface area contributed by atoms with E-state index in [1.54, 1.807) is 0 Å². The van der Waals surface area contributed by atoms with Crippen molar-refractivity contribution in [3.63, 3.8) is 0 Å². The lowest BCUT2D eigenvalue weighted by Crippen LogP contribution is -2.13. The Morgan fingerprint density at radius 3 is 2.18 bits per heavy atom. The number of imidazole rings is 1. The molecule has 2 heterocycles. The first-order valence-electron chi connectivity index (χ1n) is 17.3. The van der Waals surface area contributed by atoms with Crippen LogP contribution in [0.15, 0.2) is 145 Å². The van der Waals surface area contributed by atoms with Gasteiger partial charge in [-0.05, 0) is 69.6 Å². The van der Waals surface area contributed by atoms with Crippen LogP contribution >= 0.6 is 0 Å². The zero-order valence-corrected chi connectivity index (χ0v) is 28.3. The Bertz CT molecular complexity index is 2430. The fourth-order valence-electron chi connectivity index (χ4n) is 7.52. The molecular weight excluding hydrogens is 615 g/mol. The highest BCUT2D eigenvalue weighted by Gasteiger charge is 2.39. The number of aromatic nitrogens is 2. The van der Waals surface area contributed by atoms with Gasteiger partial charge in [0.2, 0.25) is 5.90 Å². The second-order valence-corrected chi connectivity index (χ2v) is 14.3. The molecule has 0 bridgehead atoms. The van der Waals surface area contributed by atoms with E-state index in [0.717, 1.165) is 51.0 Å². The van der Waals surface area contributed by atoms with Gasteiger partial charge in [-0.15, -0.1) is 0 Å². The Morgan fingerprint density at radius 2 is 1.36 bits per heavy atom. The number of ether oxygens (including phenoxy) is 1. The van der Waals surface area contributed by atoms with E-state index in [1.165, 1.54) is 16.7 Å². The van der Waals surface area contributed by atoms with Crippen molar-refractivity contribution >= 4 is 16.9 Å². The van der Waals surface area contributed by atoms with Crippen molar-refractivity contribution in [3.8, 4) is 45.1 Å². The Hall–Kier alpha value is -5.94. The molecule has 2 aliphatic rings. The Labute approximate surface area is 292 Å². The Morgan fingerprint density at radius 1 is 0.680 bits per heavy atom. The topological polar surface area (TPSA) is 59.6 Å². The fraction of sp³-hybridized carbons (Fsp3) is 0.156. The van der Waals surface area contributed by atoms with Gasteiger partial charge in [0, 0.05) is 28.8 Å². The summed E-state index contributed by atoms with van der Waals surface area (Å²) >= 11 is 0. The molecule has 0 saturated carbocycles. The third kappa shape index (κ3) is 5.00. The van der Waals surface area contributed by atoms with Crippen LogP contribution in [0.2, 0.25) is 0 Å². The van der Waals surface area contributed by atoms with Crippen molar-refractivity contribution < 1.29 is 9.84 Å². The maximum absolute atomic E-state index is 11.8. The first-order valence-corrected chi connectivity index (χ1v) is 17.3. The number of rotatable bonds is 5. The highest BCUT2D eigenvalue weighted by Crippen LogP contribution is 2.43. The molecule has 1 aliphatic carbocycles. The van der Waals surface area contributed by atoms with Crippen molar-refractivity contribution in [2.45, 2.75) is 44.8 Å². The standard InChI is InChI=1S/C45H37N3O2/c1-45(2,3)32-22-24-33(25-23-32)48-38-21-11-18-34(40(38)46-43(48)37-20-10-19-36(42(37)49)28-12-5-4-6-13-28)29-15-9-16-31(26-29)44-47-41-35-17-8-7-14-30(35)27-39(41)50-44/h4-26,39,41,49H,27H2,1-3H3/t39-,41+/m0/s1. The van der Waals surface area contributed by atoms with Crippen molar-refractivity contribution in [2.24, 2.45) is 4.99 Å². The lowest BCUT2D eigenvalue weighted by molar-refractivity contribution is 0.206. The summed E-state index contributed by atoms with van der Waals surface area (Å²) < 4.78 is 8.64. The van der Waals surface area contributed by atoms with Gasteiger partial charge in [0.1, 0.15) is 23.7 Å². The Kier molecular flexibility index (Phi) is 6.99. The van der Waals surface area contributed by atoms with Gasteiger partial charge in [0.05, 0.1) is 16.6 Å². The predicted molar refractivity (Wildman–Crippen MR) is 202 cm³/mol. The van der Waals surface area contributed by atoms with Crippen LogP contribution in [0.25, 0.3) is 50.4 Å². The molecule has 5 heteroatoms. The molecule has 2 atom stereocenters. The maximum atomic E-state index is 11.8. The summed E-state index contributed by atoms with van der Waals surface area (Å²) in [5.41, 5.74) is 12.0. The average Bonchev–Trinajstić information content (AvgIpc) is 3.83. The van der Waals surface area contributed by atoms with Crippen LogP contribution in [0, 0.1) is 0 Å². The van der Waals surface area contributed by atoms with Gasteiger partial charge in [-0.25, -0.2) is 9.98 Å². The molecule has 0 spiro atoms. The van der Waals surface area contributed by atoms with Crippen molar-refractivity contribution in [1.82, 2.24) is 9.55 Å². The lowest BCUT2D eigenvalue weighted by atomic mass is 9.87. The predicted octanol–water partition coefficient (Wildman–Crippen LogP) is 10.5. The number of aliphatic imine (C=N–C) groups is 1. The maximum Gasteiger partial charge on any atom is 0.217 e. The van der Waals surface area contributed by atoms with Crippen LogP contribution in [-0.2, 0) is 16.6 Å². The van der Waals surface area contributed by atoms with E-state index in [0.29, 0.717) is 17.3 Å². The SMILES string of the molecule is CC(C)(C)c1ccc(-n2c(-c3cccc(-c4ccccc4)c3O)nc3c(-c4cccc(C5=N[C@@H]6c7ccccc7C[C@@H]6O5)c4)cccc32)cc1. The highest BCUT2D eigenvalue weighted by molar-refractivity contribution is 6.00. The van der Waals surface area contributed by atoms with Crippen molar-refractivity contribution in [2.75, 3.05) is 0 Å². The normalized spacial score (nSPS) is 16.6. The van der Waals surface area contributed by atoms with Gasteiger partial charge >= 0.3 is 0 Å². The van der Waals surface area contributed by atoms with Crippen molar-refractivity contribution in [3.05, 3.63) is 162 Å². The molecule has 1 aliphatic heterocycles. The molecule has 0 unspecified atom stereocenters. The molecule has 50 heavy (non-hydrogen) atoms. The van der Waals surface area contributed by atoms with E-state index in [2.05, 4.69) is 116 Å². The van der Waals surface area contributed by atoms with Crippen LogP contribution in [-0.4, -0.2) is 26.7 Å². The van der Waals surface area contributed by atoms with Crippen LogP contribution in [0.5, 0.6) is 5.75 Å². The summed E-state index contributed by atoms with van der Waals surface area (Å²) in [4.78, 5) is 10.4. The van der Waals surface area contributed by atoms with Gasteiger partial charge in [-0.2, -0.15) is 0 Å². The number of hydrogen-bond acceptors (Lipinski definition) is 4. The van der Waals surface area contributed by atoms with Gasteiger partial charge in [-0.3, -0.25) is 4.57 Å². The summed E-state index contributed by atoms with van der Waals surface area (Å²) in [6, 6.07) is 47.9. The first kappa shape index (κ1) is 30.1. The number of fused-ring (bicyclic) bond motifs is 4. The smallest absolute Gasteiger partial charge is 0.217 e. The van der Waals surface area contributed by atoms with Gasteiger partial charge < -0.3 is 9.84 Å². The number of nitrogens with zero attached hydrogens (tertiary/aromatic N) is 3. The van der Waals surface area contributed by atoms with Crippen LogP contribution < -0.4 is 0 Å². The van der Waals surface area contributed by atoms with E-state index in [4.69, 9.17) is 14.7 Å². The molecular formula is C45H37N3O2. The molecule has 244 valence electrons. The largest absolute Gasteiger partial charge is 0.507 e. The first-order chi connectivity index (χ1) is 24.3. The molecule has 5 nitrogen and oxygen atoms in total. The fourth-order valence-corrected chi connectivity index (χ4v) is 7.52.